The van der Waals surface area contributed by atoms with E-state index in [4.69, 9.17) is 0 Å². The molecule has 0 saturated carbocycles. The van der Waals surface area contributed by atoms with Crippen LogP contribution in [0.2, 0.25) is 0 Å². The minimum atomic E-state index is -0.121. The SMILES string of the molecule is CCC[C@H]1CCCN(C(=O)Cc2nn(C)c(=O)c3ccccc23)CC1. The molecule has 0 unspecified atom stereocenters. The summed E-state index contributed by atoms with van der Waals surface area (Å²) in [6.45, 7) is 3.90. The molecule has 1 atom stereocenters. The number of benzene rings is 1. The molecule has 1 aromatic heterocycles. The Morgan fingerprint density at radius 3 is 2.72 bits per heavy atom. The predicted octanol–water partition coefficient (Wildman–Crippen LogP) is 2.90. The van der Waals surface area contributed by atoms with Crippen molar-refractivity contribution in [1.29, 1.82) is 0 Å². The maximum Gasteiger partial charge on any atom is 0.274 e. The maximum atomic E-state index is 12.8. The van der Waals surface area contributed by atoms with Crippen molar-refractivity contribution in [3.63, 3.8) is 0 Å². The van der Waals surface area contributed by atoms with E-state index in [9.17, 15) is 9.59 Å². The first-order chi connectivity index (χ1) is 12.1. The van der Waals surface area contributed by atoms with Gasteiger partial charge in [0.2, 0.25) is 5.91 Å². The number of carbonyl (C=O) groups excluding carboxylic acids is 1. The highest BCUT2D eigenvalue weighted by Gasteiger charge is 2.21. The van der Waals surface area contributed by atoms with Crippen LogP contribution in [-0.4, -0.2) is 33.7 Å². The van der Waals surface area contributed by atoms with Crippen LogP contribution in [0.1, 0.15) is 44.7 Å². The second-order valence-corrected chi connectivity index (χ2v) is 7.06. The molecule has 1 aliphatic heterocycles. The van der Waals surface area contributed by atoms with Gasteiger partial charge in [0.1, 0.15) is 0 Å². The molecule has 5 nitrogen and oxygen atoms in total. The fourth-order valence-electron chi connectivity index (χ4n) is 3.87. The topological polar surface area (TPSA) is 55.2 Å². The fraction of sp³-hybridized carbons (Fsp3) is 0.550. The molecule has 2 heterocycles. The molecule has 1 saturated heterocycles. The first-order valence-electron chi connectivity index (χ1n) is 9.33. The number of aromatic nitrogens is 2. The van der Waals surface area contributed by atoms with E-state index in [2.05, 4.69) is 12.0 Å². The van der Waals surface area contributed by atoms with E-state index < -0.39 is 0 Å². The summed E-state index contributed by atoms with van der Waals surface area (Å²) in [5, 5.41) is 5.78. The number of amides is 1. The zero-order valence-corrected chi connectivity index (χ0v) is 15.2. The Bertz CT molecular complexity index is 812. The van der Waals surface area contributed by atoms with E-state index in [1.807, 2.05) is 23.1 Å². The minimum Gasteiger partial charge on any atom is -0.342 e. The van der Waals surface area contributed by atoms with Gasteiger partial charge < -0.3 is 4.90 Å². The quantitative estimate of drug-likeness (QED) is 0.859. The Morgan fingerprint density at radius 1 is 1.20 bits per heavy atom. The lowest BCUT2D eigenvalue weighted by Gasteiger charge is -2.21. The molecule has 3 rings (SSSR count). The zero-order chi connectivity index (χ0) is 17.8. The van der Waals surface area contributed by atoms with Gasteiger partial charge in [-0.1, -0.05) is 38.0 Å². The number of carbonyl (C=O) groups is 1. The van der Waals surface area contributed by atoms with Crippen molar-refractivity contribution in [2.45, 2.75) is 45.4 Å². The average molecular weight is 341 g/mol. The number of fused-ring (bicyclic) bond motifs is 1. The number of hydrogen-bond acceptors (Lipinski definition) is 3. The average Bonchev–Trinajstić information content (AvgIpc) is 2.85. The lowest BCUT2D eigenvalue weighted by molar-refractivity contribution is -0.130. The van der Waals surface area contributed by atoms with Gasteiger partial charge in [-0.2, -0.15) is 5.10 Å². The standard InChI is InChI=1S/C20H27N3O2/c1-3-7-15-8-6-12-23(13-11-15)19(24)14-18-16-9-4-5-10-17(16)20(25)22(2)21-18/h4-5,9-10,15H,3,6-8,11-14H2,1-2H3/t15-/m0/s1. The molecule has 25 heavy (non-hydrogen) atoms. The largest absolute Gasteiger partial charge is 0.342 e. The summed E-state index contributed by atoms with van der Waals surface area (Å²) in [6, 6.07) is 7.41. The molecular weight excluding hydrogens is 314 g/mol. The highest BCUT2D eigenvalue weighted by molar-refractivity contribution is 5.88. The molecule has 5 heteroatoms. The van der Waals surface area contributed by atoms with Gasteiger partial charge in [0.15, 0.2) is 0 Å². The Kier molecular flexibility index (Phi) is 5.51. The van der Waals surface area contributed by atoms with Crippen LogP contribution in [0.15, 0.2) is 29.1 Å². The molecule has 0 spiro atoms. The summed E-state index contributed by atoms with van der Waals surface area (Å²) >= 11 is 0. The van der Waals surface area contributed by atoms with E-state index in [-0.39, 0.29) is 17.9 Å². The summed E-state index contributed by atoms with van der Waals surface area (Å²) < 4.78 is 1.34. The van der Waals surface area contributed by atoms with Crippen molar-refractivity contribution < 1.29 is 4.79 Å². The molecule has 0 aliphatic carbocycles. The summed E-state index contributed by atoms with van der Waals surface area (Å²) in [5.74, 6) is 0.868. The molecular formula is C20H27N3O2. The molecule has 1 fully saturated rings. The van der Waals surface area contributed by atoms with Crippen molar-refractivity contribution in [1.82, 2.24) is 14.7 Å². The van der Waals surface area contributed by atoms with Crippen molar-refractivity contribution in [3.8, 4) is 0 Å². The highest BCUT2D eigenvalue weighted by atomic mass is 16.2. The number of rotatable bonds is 4. The molecule has 1 aromatic carbocycles. The molecule has 2 aromatic rings. The Balaban J connectivity index is 1.78. The highest BCUT2D eigenvalue weighted by Crippen LogP contribution is 2.22. The lowest BCUT2D eigenvalue weighted by Crippen LogP contribution is -2.34. The van der Waals surface area contributed by atoms with Crippen LogP contribution in [0.4, 0.5) is 0 Å². The van der Waals surface area contributed by atoms with Crippen molar-refractivity contribution >= 4 is 16.7 Å². The summed E-state index contributed by atoms with van der Waals surface area (Å²) in [7, 11) is 1.64. The summed E-state index contributed by atoms with van der Waals surface area (Å²) in [6.07, 6.45) is 6.13. The van der Waals surface area contributed by atoms with Gasteiger partial charge in [-0.25, -0.2) is 4.68 Å². The Hall–Kier alpha value is -2.17. The monoisotopic (exact) mass is 341 g/mol. The fourth-order valence-corrected chi connectivity index (χ4v) is 3.87. The van der Waals surface area contributed by atoms with Gasteiger partial charge in [0.25, 0.3) is 5.56 Å². The molecule has 0 N–H and O–H groups in total. The van der Waals surface area contributed by atoms with Gasteiger partial charge >= 0.3 is 0 Å². The van der Waals surface area contributed by atoms with E-state index in [1.165, 1.54) is 23.9 Å². The smallest absolute Gasteiger partial charge is 0.274 e. The van der Waals surface area contributed by atoms with Crippen LogP contribution in [0.25, 0.3) is 10.8 Å². The maximum absolute atomic E-state index is 12.8. The van der Waals surface area contributed by atoms with Crippen molar-refractivity contribution in [2.75, 3.05) is 13.1 Å². The first-order valence-corrected chi connectivity index (χ1v) is 9.33. The van der Waals surface area contributed by atoms with Crippen LogP contribution >= 0.6 is 0 Å². The predicted molar refractivity (Wildman–Crippen MR) is 99.5 cm³/mol. The van der Waals surface area contributed by atoms with E-state index in [0.717, 1.165) is 37.2 Å². The van der Waals surface area contributed by atoms with Gasteiger partial charge in [-0.3, -0.25) is 9.59 Å². The second kappa shape index (κ2) is 7.81. The van der Waals surface area contributed by atoms with E-state index >= 15 is 0 Å². The third kappa shape index (κ3) is 3.91. The number of nitrogens with zero attached hydrogens (tertiary/aromatic N) is 3. The van der Waals surface area contributed by atoms with Crippen LogP contribution in [0.5, 0.6) is 0 Å². The van der Waals surface area contributed by atoms with Gasteiger partial charge in [0.05, 0.1) is 17.5 Å². The second-order valence-electron chi connectivity index (χ2n) is 7.06. The normalized spacial score (nSPS) is 18.3. The number of aryl methyl sites for hydroxylation is 1. The van der Waals surface area contributed by atoms with Crippen LogP contribution in [-0.2, 0) is 18.3 Å². The van der Waals surface area contributed by atoms with Gasteiger partial charge in [0, 0.05) is 25.5 Å². The Labute approximate surface area is 148 Å². The molecule has 1 amide bonds. The summed E-state index contributed by atoms with van der Waals surface area (Å²) in [5.41, 5.74) is 0.570. The number of likely N-dealkylation sites (tertiary alicyclic amines) is 1. The van der Waals surface area contributed by atoms with Crippen molar-refractivity contribution in [2.24, 2.45) is 13.0 Å². The third-order valence-electron chi connectivity index (χ3n) is 5.25. The van der Waals surface area contributed by atoms with Crippen LogP contribution in [0.3, 0.4) is 0 Å². The molecule has 0 radical (unpaired) electrons. The first kappa shape index (κ1) is 17.6. The van der Waals surface area contributed by atoms with Gasteiger partial charge in [-0.05, 0) is 31.2 Å². The Morgan fingerprint density at radius 2 is 1.96 bits per heavy atom. The lowest BCUT2D eigenvalue weighted by atomic mass is 9.96. The van der Waals surface area contributed by atoms with E-state index in [0.29, 0.717) is 11.1 Å². The van der Waals surface area contributed by atoms with E-state index in [1.54, 1.807) is 13.1 Å². The van der Waals surface area contributed by atoms with Crippen LogP contribution < -0.4 is 5.56 Å². The van der Waals surface area contributed by atoms with Gasteiger partial charge in [-0.15, -0.1) is 0 Å². The molecule has 1 aliphatic rings. The van der Waals surface area contributed by atoms with Crippen molar-refractivity contribution in [3.05, 3.63) is 40.3 Å². The molecule has 134 valence electrons. The minimum absolute atomic E-state index is 0.119. The van der Waals surface area contributed by atoms with Crippen LogP contribution in [0, 0.1) is 5.92 Å². The number of hydrogen-bond donors (Lipinski definition) is 0. The zero-order valence-electron chi connectivity index (χ0n) is 15.2. The summed E-state index contributed by atoms with van der Waals surface area (Å²) in [4.78, 5) is 27.0. The molecule has 0 bridgehead atoms. The third-order valence-corrected chi connectivity index (χ3v) is 5.25.